The van der Waals surface area contributed by atoms with Gasteiger partial charge in [0.15, 0.2) is 5.13 Å². The second kappa shape index (κ2) is 6.12. The van der Waals surface area contributed by atoms with E-state index in [1.807, 2.05) is 24.3 Å². The zero-order valence-corrected chi connectivity index (χ0v) is 13.3. The average Bonchev–Trinajstić information content (AvgIpc) is 2.85. The average molecular weight is 303 g/mol. The van der Waals surface area contributed by atoms with E-state index in [9.17, 15) is 4.79 Å². The van der Waals surface area contributed by atoms with Gasteiger partial charge >= 0.3 is 0 Å². The second-order valence-corrected chi connectivity index (χ2v) is 6.87. The van der Waals surface area contributed by atoms with Gasteiger partial charge in [-0.25, -0.2) is 4.98 Å². The Morgan fingerprint density at radius 3 is 2.76 bits per heavy atom. The van der Waals surface area contributed by atoms with E-state index in [-0.39, 0.29) is 5.91 Å². The number of carbonyl (C=O) groups is 1. The Balaban J connectivity index is 1.65. The lowest BCUT2D eigenvalue weighted by Gasteiger charge is -2.38. The van der Waals surface area contributed by atoms with Crippen molar-refractivity contribution in [2.24, 2.45) is 0 Å². The monoisotopic (exact) mass is 303 g/mol. The number of nitrogens with one attached hydrogen (secondary N) is 1. The molecule has 4 nitrogen and oxygen atoms in total. The summed E-state index contributed by atoms with van der Waals surface area (Å²) in [6, 6.07) is 8.91. The molecule has 2 heterocycles. The maximum atomic E-state index is 12.3. The Morgan fingerprint density at radius 2 is 2.05 bits per heavy atom. The quantitative estimate of drug-likeness (QED) is 0.944. The van der Waals surface area contributed by atoms with Gasteiger partial charge in [-0.2, -0.15) is 0 Å². The van der Waals surface area contributed by atoms with Gasteiger partial charge in [-0.3, -0.25) is 9.69 Å². The zero-order chi connectivity index (χ0) is 14.8. The summed E-state index contributed by atoms with van der Waals surface area (Å²) in [6.07, 6.45) is 3.62. The molecule has 3 rings (SSSR count). The highest BCUT2D eigenvalue weighted by molar-refractivity contribution is 7.22. The van der Waals surface area contributed by atoms with E-state index in [2.05, 4.69) is 29.0 Å². The second-order valence-electron chi connectivity index (χ2n) is 5.84. The van der Waals surface area contributed by atoms with Crippen LogP contribution in [0.25, 0.3) is 10.2 Å². The predicted molar refractivity (Wildman–Crippen MR) is 87.7 cm³/mol. The maximum Gasteiger partial charge on any atom is 0.240 e. The minimum Gasteiger partial charge on any atom is -0.301 e. The third kappa shape index (κ3) is 3.24. The summed E-state index contributed by atoms with van der Waals surface area (Å²) in [7, 11) is 0. The zero-order valence-electron chi connectivity index (χ0n) is 12.5. The summed E-state index contributed by atoms with van der Waals surface area (Å²) in [6.45, 7) is 4.87. The first-order chi connectivity index (χ1) is 10.1. The predicted octanol–water partition coefficient (Wildman–Crippen LogP) is 3.50. The molecule has 0 unspecified atom stereocenters. The Bertz CT molecular complexity index is 596. The van der Waals surface area contributed by atoms with Crippen molar-refractivity contribution in [2.45, 2.75) is 45.2 Å². The van der Waals surface area contributed by atoms with Crippen molar-refractivity contribution in [1.29, 1.82) is 0 Å². The first kappa shape index (κ1) is 14.5. The number of benzene rings is 1. The number of para-hydroxylation sites is 1. The number of fused-ring (bicyclic) bond motifs is 1. The van der Waals surface area contributed by atoms with E-state index >= 15 is 0 Å². The molecule has 1 aromatic heterocycles. The SMILES string of the molecule is C[C@H]1CCC[C@H](C)N1CC(=O)Nc1nc2ccccc2s1. The highest BCUT2D eigenvalue weighted by Crippen LogP contribution is 2.26. The van der Waals surface area contributed by atoms with Crippen LogP contribution in [0.2, 0.25) is 0 Å². The number of piperidine rings is 1. The normalized spacial score (nSPS) is 23.3. The number of nitrogens with zero attached hydrogens (tertiary/aromatic N) is 2. The molecule has 2 aromatic rings. The molecule has 1 N–H and O–H groups in total. The van der Waals surface area contributed by atoms with Gasteiger partial charge in [0.05, 0.1) is 16.8 Å². The number of amides is 1. The molecule has 1 aromatic carbocycles. The van der Waals surface area contributed by atoms with Crippen LogP contribution in [0.3, 0.4) is 0 Å². The molecule has 0 bridgehead atoms. The minimum atomic E-state index is 0.0367. The first-order valence-corrected chi connectivity index (χ1v) is 8.36. The molecule has 0 radical (unpaired) electrons. The Labute approximate surface area is 129 Å². The van der Waals surface area contributed by atoms with Crippen LogP contribution in [0, 0.1) is 0 Å². The van der Waals surface area contributed by atoms with Gasteiger partial charge in [0.25, 0.3) is 0 Å². The number of aromatic nitrogens is 1. The highest BCUT2D eigenvalue weighted by atomic mass is 32.1. The van der Waals surface area contributed by atoms with Gasteiger partial charge in [0, 0.05) is 12.1 Å². The lowest BCUT2D eigenvalue weighted by molar-refractivity contribution is -0.118. The van der Waals surface area contributed by atoms with Crippen molar-refractivity contribution in [3.05, 3.63) is 24.3 Å². The summed E-state index contributed by atoms with van der Waals surface area (Å²) in [5.74, 6) is 0.0367. The maximum absolute atomic E-state index is 12.3. The largest absolute Gasteiger partial charge is 0.301 e. The van der Waals surface area contributed by atoms with E-state index in [1.165, 1.54) is 30.6 Å². The number of hydrogen-bond acceptors (Lipinski definition) is 4. The standard InChI is InChI=1S/C16H21N3OS/c1-11-6-5-7-12(2)19(11)10-15(20)18-16-17-13-8-3-4-9-14(13)21-16/h3-4,8-9,11-12H,5-7,10H2,1-2H3,(H,17,18,20)/t11-,12-/m0/s1. The molecule has 1 saturated heterocycles. The van der Waals surface area contributed by atoms with Crippen molar-refractivity contribution >= 4 is 32.6 Å². The van der Waals surface area contributed by atoms with E-state index in [4.69, 9.17) is 0 Å². The van der Waals surface area contributed by atoms with Gasteiger partial charge in [0.2, 0.25) is 5.91 Å². The van der Waals surface area contributed by atoms with Crippen LogP contribution in [0.5, 0.6) is 0 Å². The fraction of sp³-hybridized carbons (Fsp3) is 0.500. The molecule has 2 atom stereocenters. The van der Waals surface area contributed by atoms with E-state index < -0.39 is 0 Å². The van der Waals surface area contributed by atoms with Crippen LogP contribution >= 0.6 is 11.3 Å². The molecule has 5 heteroatoms. The topological polar surface area (TPSA) is 45.2 Å². The van der Waals surface area contributed by atoms with Crippen molar-refractivity contribution in [1.82, 2.24) is 9.88 Å². The number of anilines is 1. The number of hydrogen-bond donors (Lipinski definition) is 1. The van der Waals surface area contributed by atoms with Crippen LogP contribution in [-0.2, 0) is 4.79 Å². The number of rotatable bonds is 3. The van der Waals surface area contributed by atoms with Gasteiger partial charge in [-0.1, -0.05) is 29.9 Å². The number of likely N-dealkylation sites (tertiary alicyclic amines) is 1. The molecule has 0 spiro atoms. The molecule has 0 saturated carbocycles. The summed E-state index contributed by atoms with van der Waals surface area (Å²) >= 11 is 1.53. The molecule has 1 aliphatic heterocycles. The lowest BCUT2D eigenvalue weighted by Crippen LogP contribution is -2.47. The first-order valence-electron chi connectivity index (χ1n) is 7.54. The fourth-order valence-electron chi connectivity index (χ4n) is 3.04. The Hall–Kier alpha value is -1.46. The van der Waals surface area contributed by atoms with Crippen LogP contribution < -0.4 is 5.32 Å². The molecule has 1 amide bonds. The summed E-state index contributed by atoms with van der Waals surface area (Å²) in [4.78, 5) is 19.0. The van der Waals surface area contributed by atoms with Gasteiger partial charge < -0.3 is 5.32 Å². The third-order valence-corrected chi connectivity index (χ3v) is 5.19. The van der Waals surface area contributed by atoms with Crippen molar-refractivity contribution in [3.8, 4) is 0 Å². The molecule has 1 aliphatic rings. The molecular formula is C16H21N3OS. The third-order valence-electron chi connectivity index (χ3n) is 4.24. The smallest absolute Gasteiger partial charge is 0.240 e. The molecule has 1 fully saturated rings. The Morgan fingerprint density at radius 1 is 1.33 bits per heavy atom. The van der Waals surface area contributed by atoms with Crippen molar-refractivity contribution in [2.75, 3.05) is 11.9 Å². The van der Waals surface area contributed by atoms with E-state index in [0.29, 0.717) is 23.8 Å². The van der Waals surface area contributed by atoms with Crippen LogP contribution in [0.4, 0.5) is 5.13 Å². The van der Waals surface area contributed by atoms with Crippen molar-refractivity contribution in [3.63, 3.8) is 0 Å². The van der Waals surface area contributed by atoms with Crippen LogP contribution in [0.15, 0.2) is 24.3 Å². The fourth-order valence-corrected chi connectivity index (χ4v) is 3.92. The molecule has 112 valence electrons. The minimum absolute atomic E-state index is 0.0367. The van der Waals surface area contributed by atoms with Crippen LogP contribution in [0.1, 0.15) is 33.1 Å². The Kier molecular flexibility index (Phi) is 4.22. The summed E-state index contributed by atoms with van der Waals surface area (Å²) in [5.41, 5.74) is 0.942. The number of carbonyl (C=O) groups excluding carboxylic acids is 1. The molecular weight excluding hydrogens is 282 g/mol. The van der Waals surface area contributed by atoms with Gasteiger partial charge in [-0.05, 0) is 38.8 Å². The number of thiazole rings is 1. The van der Waals surface area contributed by atoms with E-state index in [0.717, 1.165) is 10.2 Å². The van der Waals surface area contributed by atoms with E-state index in [1.54, 1.807) is 0 Å². The van der Waals surface area contributed by atoms with Crippen molar-refractivity contribution < 1.29 is 4.79 Å². The molecule has 21 heavy (non-hydrogen) atoms. The molecule has 0 aliphatic carbocycles. The summed E-state index contributed by atoms with van der Waals surface area (Å²) < 4.78 is 1.10. The summed E-state index contributed by atoms with van der Waals surface area (Å²) in [5, 5.41) is 3.64. The van der Waals surface area contributed by atoms with Gasteiger partial charge in [0.1, 0.15) is 0 Å². The van der Waals surface area contributed by atoms with Crippen LogP contribution in [-0.4, -0.2) is 34.4 Å². The lowest BCUT2D eigenvalue weighted by atomic mass is 9.97. The highest BCUT2D eigenvalue weighted by Gasteiger charge is 2.26. The van der Waals surface area contributed by atoms with Gasteiger partial charge in [-0.15, -0.1) is 0 Å².